The highest BCUT2D eigenvalue weighted by molar-refractivity contribution is 5.89. The first-order chi connectivity index (χ1) is 9.13. The zero-order valence-corrected chi connectivity index (χ0v) is 10.4. The van der Waals surface area contributed by atoms with Crippen LogP contribution >= 0.6 is 0 Å². The minimum absolute atomic E-state index is 0.106. The molecule has 2 aliphatic rings. The number of aliphatic hydroxyl groups is 1. The van der Waals surface area contributed by atoms with Crippen molar-refractivity contribution in [1.82, 2.24) is 9.88 Å². The predicted molar refractivity (Wildman–Crippen MR) is 67.1 cm³/mol. The number of pyridine rings is 1. The maximum Gasteiger partial charge on any atom is 0.323 e. The summed E-state index contributed by atoms with van der Waals surface area (Å²) in [6.45, 7) is 0. The molecule has 1 aromatic heterocycles. The van der Waals surface area contributed by atoms with Crippen molar-refractivity contribution in [3.63, 3.8) is 0 Å². The van der Waals surface area contributed by atoms with Gasteiger partial charge in [0, 0.05) is 12.1 Å². The third kappa shape index (κ3) is 2.40. The van der Waals surface area contributed by atoms with Crippen LogP contribution in [0.1, 0.15) is 25.7 Å². The normalized spacial score (nSPS) is 29.4. The van der Waals surface area contributed by atoms with Crippen molar-refractivity contribution < 1.29 is 14.3 Å². The molecular weight excluding hydrogens is 249 g/mol. The van der Waals surface area contributed by atoms with Crippen LogP contribution in [0.25, 0.3) is 0 Å². The fourth-order valence-electron chi connectivity index (χ4n) is 3.10. The van der Waals surface area contributed by atoms with E-state index in [9.17, 15) is 14.3 Å². The molecule has 0 saturated carbocycles. The highest BCUT2D eigenvalue weighted by atomic mass is 19.1. The van der Waals surface area contributed by atoms with E-state index < -0.39 is 5.82 Å². The Balaban J connectivity index is 1.69. The number of rotatable bonds is 1. The van der Waals surface area contributed by atoms with Gasteiger partial charge in [-0.15, -0.1) is 0 Å². The van der Waals surface area contributed by atoms with E-state index in [2.05, 4.69) is 10.3 Å². The molecule has 0 radical (unpaired) electrons. The molecular formula is C13H16FN3O2. The summed E-state index contributed by atoms with van der Waals surface area (Å²) < 4.78 is 12.7. The first kappa shape index (κ1) is 12.3. The third-order valence-electron chi connectivity index (χ3n) is 3.91. The molecule has 2 amide bonds. The standard InChI is InChI=1S/C13H16FN3O2/c14-8-1-4-12(15-7-8)16-13(19)17-9-2-3-10(17)6-11(18)5-9/h1,4,7,9-11,18H,2-3,5-6H2,(H,15,16,19). The Morgan fingerprint density at radius 1 is 1.37 bits per heavy atom. The number of nitrogens with one attached hydrogen (secondary N) is 1. The van der Waals surface area contributed by atoms with Crippen molar-refractivity contribution in [1.29, 1.82) is 0 Å². The number of halogens is 1. The number of piperidine rings is 1. The second-order valence-electron chi connectivity index (χ2n) is 5.21. The van der Waals surface area contributed by atoms with E-state index in [1.54, 1.807) is 4.90 Å². The lowest BCUT2D eigenvalue weighted by atomic mass is 10.0. The number of carbonyl (C=O) groups excluding carboxylic acids is 1. The lowest BCUT2D eigenvalue weighted by Crippen LogP contribution is -2.49. The van der Waals surface area contributed by atoms with E-state index in [4.69, 9.17) is 0 Å². The molecule has 2 aliphatic heterocycles. The van der Waals surface area contributed by atoms with E-state index >= 15 is 0 Å². The van der Waals surface area contributed by atoms with Crippen LogP contribution in [0.3, 0.4) is 0 Å². The fraction of sp³-hybridized carbons (Fsp3) is 0.538. The highest BCUT2D eigenvalue weighted by Crippen LogP contribution is 2.35. The number of aromatic nitrogens is 1. The van der Waals surface area contributed by atoms with Gasteiger partial charge in [-0.05, 0) is 37.8 Å². The zero-order chi connectivity index (χ0) is 13.4. The number of urea groups is 1. The van der Waals surface area contributed by atoms with Gasteiger partial charge in [0.05, 0.1) is 12.3 Å². The lowest BCUT2D eigenvalue weighted by molar-refractivity contribution is 0.0580. The number of fused-ring (bicyclic) bond motifs is 2. The van der Waals surface area contributed by atoms with Crippen molar-refractivity contribution in [2.24, 2.45) is 0 Å². The number of amides is 2. The Morgan fingerprint density at radius 3 is 2.63 bits per heavy atom. The Bertz CT molecular complexity index is 465. The quantitative estimate of drug-likeness (QED) is 0.813. The maximum absolute atomic E-state index is 12.7. The number of hydrogen-bond acceptors (Lipinski definition) is 3. The van der Waals surface area contributed by atoms with Crippen LogP contribution < -0.4 is 5.32 Å². The largest absolute Gasteiger partial charge is 0.393 e. The summed E-state index contributed by atoms with van der Waals surface area (Å²) in [4.78, 5) is 17.8. The second kappa shape index (κ2) is 4.77. The number of carbonyl (C=O) groups is 1. The molecule has 0 aromatic carbocycles. The molecule has 2 unspecified atom stereocenters. The van der Waals surface area contributed by atoms with Crippen LogP contribution in [0.5, 0.6) is 0 Å². The summed E-state index contributed by atoms with van der Waals surface area (Å²) in [6.07, 6.45) is 3.93. The number of anilines is 1. The smallest absolute Gasteiger partial charge is 0.323 e. The van der Waals surface area contributed by atoms with Crippen LogP contribution in [0.2, 0.25) is 0 Å². The molecule has 19 heavy (non-hydrogen) atoms. The first-order valence-corrected chi connectivity index (χ1v) is 6.52. The highest BCUT2D eigenvalue weighted by Gasteiger charge is 2.42. The average Bonchev–Trinajstić information content (AvgIpc) is 2.65. The van der Waals surface area contributed by atoms with Gasteiger partial charge in [-0.25, -0.2) is 14.2 Å². The lowest BCUT2D eigenvalue weighted by Gasteiger charge is -2.36. The van der Waals surface area contributed by atoms with Crippen LogP contribution in [0.4, 0.5) is 15.0 Å². The topological polar surface area (TPSA) is 65.5 Å². The van der Waals surface area contributed by atoms with Crippen molar-refractivity contribution in [2.45, 2.75) is 43.9 Å². The summed E-state index contributed by atoms with van der Waals surface area (Å²) in [5, 5.41) is 12.4. The number of hydrogen-bond donors (Lipinski definition) is 2. The molecule has 3 rings (SSSR count). The molecule has 1 aromatic rings. The van der Waals surface area contributed by atoms with Gasteiger partial charge < -0.3 is 10.0 Å². The van der Waals surface area contributed by atoms with E-state index in [0.29, 0.717) is 18.7 Å². The Labute approximate surface area is 110 Å². The third-order valence-corrected chi connectivity index (χ3v) is 3.91. The number of nitrogens with zero attached hydrogens (tertiary/aromatic N) is 2. The SMILES string of the molecule is O=C(Nc1ccc(F)cn1)N1C2CCC1CC(O)C2. The molecule has 2 bridgehead atoms. The van der Waals surface area contributed by atoms with E-state index in [1.165, 1.54) is 12.1 Å². The minimum Gasteiger partial charge on any atom is -0.393 e. The molecule has 2 saturated heterocycles. The first-order valence-electron chi connectivity index (χ1n) is 6.52. The van der Waals surface area contributed by atoms with Crippen LogP contribution in [0, 0.1) is 5.82 Å². The van der Waals surface area contributed by atoms with Crippen molar-refractivity contribution >= 4 is 11.8 Å². The molecule has 3 heterocycles. The maximum atomic E-state index is 12.7. The Hall–Kier alpha value is -1.69. The Kier molecular flexibility index (Phi) is 3.10. The molecule has 102 valence electrons. The van der Waals surface area contributed by atoms with Crippen molar-refractivity contribution in [2.75, 3.05) is 5.32 Å². The molecule has 0 spiro atoms. The van der Waals surface area contributed by atoms with Crippen molar-refractivity contribution in [3.05, 3.63) is 24.1 Å². The van der Waals surface area contributed by atoms with E-state index in [0.717, 1.165) is 19.0 Å². The molecule has 5 nitrogen and oxygen atoms in total. The van der Waals surface area contributed by atoms with Crippen molar-refractivity contribution in [3.8, 4) is 0 Å². The molecule has 6 heteroatoms. The van der Waals surface area contributed by atoms with Gasteiger partial charge in [-0.1, -0.05) is 0 Å². The van der Waals surface area contributed by atoms with Gasteiger partial charge in [-0.2, -0.15) is 0 Å². The molecule has 2 atom stereocenters. The predicted octanol–water partition coefficient (Wildman–Crippen LogP) is 1.74. The minimum atomic E-state index is -0.431. The van der Waals surface area contributed by atoms with Gasteiger partial charge in [0.1, 0.15) is 11.6 Å². The van der Waals surface area contributed by atoms with Crippen LogP contribution in [-0.2, 0) is 0 Å². The fourth-order valence-corrected chi connectivity index (χ4v) is 3.10. The summed E-state index contributed by atoms with van der Waals surface area (Å²) >= 11 is 0. The van der Waals surface area contributed by atoms with Crippen LogP contribution in [-0.4, -0.2) is 39.2 Å². The summed E-state index contributed by atoms with van der Waals surface area (Å²) in [7, 11) is 0. The van der Waals surface area contributed by atoms with Crippen LogP contribution in [0.15, 0.2) is 18.3 Å². The molecule has 0 aliphatic carbocycles. The zero-order valence-electron chi connectivity index (χ0n) is 10.4. The summed E-state index contributed by atoms with van der Waals surface area (Å²) in [6, 6.07) is 2.70. The van der Waals surface area contributed by atoms with E-state index in [-0.39, 0.29) is 24.2 Å². The summed E-state index contributed by atoms with van der Waals surface area (Å²) in [5.41, 5.74) is 0. The second-order valence-corrected chi connectivity index (χ2v) is 5.21. The molecule has 2 N–H and O–H groups in total. The monoisotopic (exact) mass is 265 g/mol. The van der Waals surface area contributed by atoms with Gasteiger partial charge in [0.15, 0.2) is 0 Å². The average molecular weight is 265 g/mol. The van der Waals surface area contributed by atoms with Gasteiger partial charge in [0.25, 0.3) is 0 Å². The summed E-state index contributed by atoms with van der Waals surface area (Å²) in [5.74, 6) is -0.0870. The molecule has 2 fully saturated rings. The van der Waals surface area contributed by atoms with Gasteiger partial charge in [0.2, 0.25) is 0 Å². The van der Waals surface area contributed by atoms with Gasteiger partial charge in [-0.3, -0.25) is 5.32 Å². The number of aliphatic hydroxyl groups excluding tert-OH is 1. The van der Waals surface area contributed by atoms with Gasteiger partial charge >= 0.3 is 6.03 Å². The van der Waals surface area contributed by atoms with E-state index in [1.807, 2.05) is 0 Å². The Morgan fingerprint density at radius 2 is 2.05 bits per heavy atom.